The molecule has 0 saturated heterocycles. The van der Waals surface area contributed by atoms with E-state index in [4.69, 9.17) is 9.15 Å². The van der Waals surface area contributed by atoms with E-state index in [9.17, 15) is 9.59 Å². The predicted molar refractivity (Wildman–Crippen MR) is 134 cm³/mol. The van der Waals surface area contributed by atoms with E-state index in [0.29, 0.717) is 24.0 Å². The van der Waals surface area contributed by atoms with Gasteiger partial charge in [0.15, 0.2) is 5.78 Å². The summed E-state index contributed by atoms with van der Waals surface area (Å²) in [6.45, 7) is 1.92. The summed E-state index contributed by atoms with van der Waals surface area (Å²) in [4.78, 5) is 27.4. The number of esters is 1. The molecule has 2 atom stereocenters. The number of benzene rings is 2. The first kappa shape index (κ1) is 21.9. The van der Waals surface area contributed by atoms with Crippen molar-refractivity contribution < 1.29 is 18.7 Å². The molecule has 2 aliphatic carbocycles. The maximum atomic E-state index is 13.8. The molecule has 3 aromatic rings. The van der Waals surface area contributed by atoms with Gasteiger partial charge in [-0.2, -0.15) is 0 Å². The molecule has 2 aromatic carbocycles. The Bertz CT molecular complexity index is 1350. The van der Waals surface area contributed by atoms with Gasteiger partial charge in [-0.3, -0.25) is 4.79 Å². The van der Waals surface area contributed by atoms with Gasteiger partial charge in [-0.05, 0) is 67.5 Å². The van der Waals surface area contributed by atoms with Crippen LogP contribution in [-0.4, -0.2) is 17.9 Å². The predicted octanol–water partition coefficient (Wildman–Crippen LogP) is 6.28. The van der Waals surface area contributed by atoms with Gasteiger partial charge >= 0.3 is 5.97 Å². The third-order valence-electron chi connectivity index (χ3n) is 7.70. The molecule has 2 heterocycles. The molecule has 5 heteroatoms. The SMILES string of the molecule is CC1=C(C(=O)OC2CCCC2)[C@H](c2cccc3ccccc23)C2=C(C[C@@H](c3ccco3)CC2=O)N1. The average Bonchev–Trinajstić information content (AvgIpc) is 3.57. The number of hydrogen-bond donors (Lipinski definition) is 1. The third kappa shape index (κ3) is 3.89. The molecule has 1 fully saturated rings. The first-order chi connectivity index (χ1) is 17.1. The minimum Gasteiger partial charge on any atom is -0.469 e. The Kier molecular flexibility index (Phi) is 5.56. The molecule has 178 valence electrons. The molecule has 1 saturated carbocycles. The quantitative estimate of drug-likeness (QED) is 0.457. The van der Waals surface area contributed by atoms with Crippen molar-refractivity contribution >= 4 is 22.5 Å². The van der Waals surface area contributed by atoms with Crippen LogP contribution in [0.1, 0.15) is 68.6 Å². The zero-order valence-corrected chi connectivity index (χ0v) is 19.9. The lowest BCUT2D eigenvalue weighted by molar-refractivity contribution is -0.144. The number of allylic oxidation sites excluding steroid dienone is 3. The lowest BCUT2D eigenvalue weighted by atomic mass is 9.71. The summed E-state index contributed by atoms with van der Waals surface area (Å²) in [5, 5.41) is 5.58. The van der Waals surface area contributed by atoms with Crippen LogP contribution in [0, 0.1) is 0 Å². The molecule has 0 unspecified atom stereocenters. The summed E-state index contributed by atoms with van der Waals surface area (Å²) in [6.07, 6.45) is 6.61. The minimum atomic E-state index is -0.462. The normalized spacial score (nSPS) is 22.9. The van der Waals surface area contributed by atoms with Gasteiger partial charge in [0.1, 0.15) is 11.9 Å². The molecular formula is C30H29NO4. The Morgan fingerprint density at radius 3 is 2.60 bits per heavy atom. The number of furan rings is 1. The number of nitrogens with one attached hydrogen (secondary N) is 1. The molecule has 0 bridgehead atoms. The van der Waals surface area contributed by atoms with E-state index in [-0.39, 0.29) is 23.8 Å². The zero-order valence-electron chi connectivity index (χ0n) is 19.9. The molecule has 1 aliphatic heterocycles. The average molecular weight is 468 g/mol. The summed E-state index contributed by atoms with van der Waals surface area (Å²) in [5.41, 5.74) is 3.86. The second kappa shape index (κ2) is 8.88. The van der Waals surface area contributed by atoms with Crippen molar-refractivity contribution in [2.24, 2.45) is 0 Å². The number of rotatable bonds is 4. The van der Waals surface area contributed by atoms with Crippen molar-refractivity contribution in [2.45, 2.75) is 63.4 Å². The molecule has 0 amide bonds. The third-order valence-corrected chi connectivity index (χ3v) is 7.70. The molecule has 5 nitrogen and oxygen atoms in total. The van der Waals surface area contributed by atoms with Crippen LogP contribution < -0.4 is 5.32 Å². The molecule has 35 heavy (non-hydrogen) atoms. The van der Waals surface area contributed by atoms with Crippen LogP contribution in [0.3, 0.4) is 0 Å². The van der Waals surface area contributed by atoms with Gasteiger partial charge in [0, 0.05) is 35.2 Å². The summed E-state index contributed by atoms with van der Waals surface area (Å²) >= 11 is 0. The maximum absolute atomic E-state index is 13.8. The first-order valence-corrected chi connectivity index (χ1v) is 12.6. The van der Waals surface area contributed by atoms with Crippen LogP contribution in [0.5, 0.6) is 0 Å². The van der Waals surface area contributed by atoms with Crippen LogP contribution in [0.2, 0.25) is 0 Å². The minimum absolute atomic E-state index is 0.0169. The highest BCUT2D eigenvalue weighted by Crippen LogP contribution is 2.47. The van der Waals surface area contributed by atoms with Crippen LogP contribution >= 0.6 is 0 Å². The monoisotopic (exact) mass is 467 g/mol. The van der Waals surface area contributed by atoms with E-state index in [1.807, 2.05) is 43.3 Å². The Balaban J connectivity index is 1.48. The topological polar surface area (TPSA) is 68.5 Å². The van der Waals surface area contributed by atoms with Crippen LogP contribution in [-0.2, 0) is 14.3 Å². The number of carbonyl (C=O) groups excluding carboxylic acids is 2. The molecular weight excluding hydrogens is 438 g/mol. The van der Waals surface area contributed by atoms with Gasteiger partial charge in [0.25, 0.3) is 0 Å². The van der Waals surface area contributed by atoms with Gasteiger partial charge < -0.3 is 14.5 Å². The van der Waals surface area contributed by atoms with Crippen LogP contribution in [0.25, 0.3) is 10.8 Å². The Morgan fingerprint density at radius 2 is 1.80 bits per heavy atom. The molecule has 3 aliphatic rings. The summed E-state index contributed by atoms with van der Waals surface area (Å²) in [6, 6.07) is 18.1. The number of Topliss-reactive ketones (excluding diaryl/α,β-unsaturated/α-hetero) is 1. The smallest absolute Gasteiger partial charge is 0.337 e. The highest BCUT2D eigenvalue weighted by molar-refractivity contribution is 6.05. The van der Waals surface area contributed by atoms with Crippen molar-refractivity contribution in [3.8, 4) is 0 Å². The van der Waals surface area contributed by atoms with Crippen molar-refractivity contribution in [3.05, 3.63) is 94.7 Å². The van der Waals surface area contributed by atoms with Gasteiger partial charge in [-0.1, -0.05) is 42.5 Å². The van der Waals surface area contributed by atoms with E-state index in [1.165, 1.54) is 0 Å². The Labute approximate surface area is 204 Å². The van der Waals surface area contributed by atoms with E-state index in [0.717, 1.165) is 59.2 Å². The van der Waals surface area contributed by atoms with E-state index < -0.39 is 5.92 Å². The summed E-state index contributed by atoms with van der Waals surface area (Å²) in [5.74, 6) is 0.0820. The summed E-state index contributed by atoms with van der Waals surface area (Å²) < 4.78 is 11.6. The van der Waals surface area contributed by atoms with Crippen LogP contribution in [0.4, 0.5) is 0 Å². The summed E-state index contributed by atoms with van der Waals surface area (Å²) in [7, 11) is 0. The molecule has 1 N–H and O–H groups in total. The van der Waals surface area contributed by atoms with Crippen molar-refractivity contribution in [1.29, 1.82) is 0 Å². The van der Waals surface area contributed by atoms with Crippen LogP contribution in [0.15, 0.2) is 87.8 Å². The number of carbonyl (C=O) groups is 2. The highest BCUT2D eigenvalue weighted by atomic mass is 16.5. The Hall–Kier alpha value is -3.60. The second-order valence-corrected chi connectivity index (χ2v) is 9.91. The molecule has 6 rings (SSSR count). The Morgan fingerprint density at radius 1 is 1.00 bits per heavy atom. The number of ketones is 1. The molecule has 0 radical (unpaired) electrons. The first-order valence-electron chi connectivity index (χ1n) is 12.6. The van der Waals surface area contributed by atoms with Crippen molar-refractivity contribution in [2.75, 3.05) is 0 Å². The highest BCUT2D eigenvalue weighted by Gasteiger charge is 2.42. The fourth-order valence-electron chi connectivity index (χ4n) is 6.07. The second-order valence-electron chi connectivity index (χ2n) is 9.91. The standard InChI is InChI=1S/C30H29NO4/c1-18-27(30(33)35-21-10-3-4-11-21)28(23-13-6-9-19-8-2-5-12-22(19)23)29-24(31-18)16-20(17-25(29)32)26-14-7-15-34-26/h2,5-9,12-15,20-21,28,31H,3-4,10-11,16-17H2,1H3/t20-,28+/m1/s1. The lowest BCUT2D eigenvalue weighted by Crippen LogP contribution is -2.36. The number of hydrogen-bond acceptors (Lipinski definition) is 5. The van der Waals surface area contributed by atoms with Gasteiger partial charge in [0.05, 0.1) is 11.8 Å². The fraction of sp³-hybridized carbons (Fsp3) is 0.333. The van der Waals surface area contributed by atoms with Crippen molar-refractivity contribution in [1.82, 2.24) is 5.32 Å². The van der Waals surface area contributed by atoms with E-state index in [2.05, 4.69) is 23.5 Å². The zero-order chi connectivity index (χ0) is 23.9. The van der Waals surface area contributed by atoms with Gasteiger partial charge in [-0.15, -0.1) is 0 Å². The maximum Gasteiger partial charge on any atom is 0.337 e. The molecule has 1 aromatic heterocycles. The molecule has 0 spiro atoms. The number of fused-ring (bicyclic) bond motifs is 1. The van der Waals surface area contributed by atoms with E-state index >= 15 is 0 Å². The number of dihydropyridines is 1. The van der Waals surface area contributed by atoms with Gasteiger partial charge in [-0.25, -0.2) is 4.79 Å². The van der Waals surface area contributed by atoms with Crippen molar-refractivity contribution in [3.63, 3.8) is 0 Å². The van der Waals surface area contributed by atoms with E-state index in [1.54, 1.807) is 6.26 Å². The number of ether oxygens (including phenoxy) is 1. The van der Waals surface area contributed by atoms with Gasteiger partial charge in [0.2, 0.25) is 0 Å². The largest absolute Gasteiger partial charge is 0.469 e. The fourth-order valence-corrected chi connectivity index (χ4v) is 6.07. The lowest BCUT2D eigenvalue weighted by Gasteiger charge is -2.36.